The molecule has 0 unspecified atom stereocenters. The first-order valence-electron chi connectivity index (χ1n) is 4.73. The fourth-order valence-electron chi connectivity index (χ4n) is 1.22. The number of nitrogens with zero attached hydrogens (tertiary/aromatic N) is 1. The molecule has 0 amide bonds. The summed E-state index contributed by atoms with van der Waals surface area (Å²) in [7, 11) is 1.54. The van der Waals surface area contributed by atoms with E-state index in [-0.39, 0.29) is 6.61 Å². The maximum absolute atomic E-state index is 8.47. The molecule has 1 aromatic rings. The van der Waals surface area contributed by atoms with Crippen LogP contribution in [-0.4, -0.2) is 13.7 Å². The molecule has 0 aliphatic carbocycles. The molecule has 0 heterocycles. The van der Waals surface area contributed by atoms with Gasteiger partial charge in [0.1, 0.15) is 6.61 Å². The van der Waals surface area contributed by atoms with Gasteiger partial charge in [0.05, 0.1) is 17.7 Å². The summed E-state index contributed by atoms with van der Waals surface area (Å²) in [5.41, 5.74) is 0.836. The first kappa shape index (κ1) is 13.2. The smallest absolute Gasteiger partial charge is 0.176 e. The van der Waals surface area contributed by atoms with Crippen molar-refractivity contribution < 1.29 is 9.47 Å². The third-order valence-electron chi connectivity index (χ3n) is 1.90. The third kappa shape index (κ3) is 3.55. The van der Waals surface area contributed by atoms with E-state index in [1.165, 1.54) is 6.08 Å². The van der Waals surface area contributed by atoms with Crippen LogP contribution in [0.5, 0.6) is 11.5 Å². The van der Waals surface area contributed by atoms with Crippen LogP contribution in [-0.2, 0) is 0 Å². The summed E-state index contributed by atoms with van der Waals surface area (Å²) in [5, 5.41) is 8.47. The molecule has 0 saturated heterocycles. The van der Waals surface area contributed by atoms with Crippen molar-refractivity contribution in [1.29, 1.82) is 5.26 Å². The van der Waals surface area contributed by atoms with Crippen molar-refractivity contribution >= 4 is 22.0 Å². The summed E-state index contributed by atoms with van der Waals surface area (Å²) in [6.07, 6.45) is 8.21. The van der Waals surface area contributed by atoms with Gasteiger partial charge in [0, 0.05) is 6.08 Å². The number of terminal acetylenes is 1. The topological polar surface area (TPSA) is 42.2 Å². The molecule has 86 valence electrons. The lowest BCUT2D eigenvalue weighted by molar-refractivity contribution is 0.329. The number of ether oxygens (including phenoxy) is 2. The van der Waals surface area contributed by atoms with Gasteiger partial charge in [-0.25, -0.2) is 0 Å². The van der Waals surface area contributed by atoms with Crippen LogP contribution in [0.25, 0.3) is 6.08 Å². The summed E-state index contributed by atoms with van der Waals surface area (Å²) in [6.45, 7) is 0.169. The molecule has 17 heavy (non-hydrogen) atoms. The van der Waals surface area contributed by atoms with E-state index < -0.39 is 0 Å². The molecule has 0 bridgehead atoms. The van der Waals surface area contributed by atoms with Gasteiger partial charge < -0.3 is 9.47 Å². The minimum Gasteiger partial charge on any atom is -0.493 e. The minimum atomic E-state index is 0.169. The van der Waals surface area contributed by atoms with Crippen LogP contribution in [0.2, 0.25) is 0 Å². The van der Waals surface area contributed by atoms with Gasteiger partial charge in [0.25, 0.3) is 0 Å². The second-order valence-electron chi connectivity index (χ2n) is 2.99. The highest BCUT2D eigenvalue weighted by Crippen LogP contribution is 2.36. The first-order chi connectivity index (χ1) is 8.22. The van der Waals surface area contributed by atoms with E-state index in [1.807, 2.05) is 12.1 Å². The molecule has 1 aromatic carbocycles. The standard InChI is InChI=1S/C13H10BrNO2/c1-3-7-17-13-11(14)8-10(5-4-6-15)9-12(13)16-2/h1,4-5,8-9H,7H2,2H3/b5-4+. The number of benzene rings is 1. The van der Waals surface area contributed by atoms with E-state index in [4.69, 9.17) is 21.2 Å². The molecule has 0 aliphatic rings. The first-order valence-corrected chi connectivity index (χ1v) is 5.52. The van der Waals surface area contributed by atoms with Gasteiger partial charge in [-0.1, -0.05) is 5.92 Å². The Kier molecular flexibility index (Phi) is 5.13. The number of nitriles is 1. The Hall–Kier alpha value is -1.91. The van der Waals surface area contributed by atoms with Gasteiger partial charge in [-0.15, -0.1) is 6.42 Å². The number of allylic oxidation sites excluding steroid dienone is 1. The molecule has 0 aromatic heterocycles. The van der Waals surface area contributed by atoms with Gasteiger partial charge in [-0.05, 0) is 39.7 Å². The van der Waals surface area contributed by atoms with Crippen molar-refractivity contribution in [3.05, 3.63) is 28.2 Å². The van der Waals surface area contributed by atoms with Crippen molar-refractivity contribution in [2.45, 2.75) is 0 Å². The molecular weight excluding hydrogens is 282 g/mol. The lowest BCUT2D eigenvalue weighted by Crippen LogP contribution is -1.98. The monoisotopic (exact) mass is 291 g/mol. The molecule has 0 aliphatic heterocycles. The molecule has 0 radical (unpaired) electrons. The zero-order valence-corrected chi connectivity index (χ0v) is 10.8. The number of hydrogen-bond acceptors (Lipinski definition) is 3. The lowest BCUT2D eigenvalue weighted by atomic mass is 10.2. The summed E-state index contributed by atoms with van der Waals surface area (Å²) in [4.78, 5) is 0. The molecule has 1 rings (SSSR count). The van der Waals surface area contributed by atoms with E-state index in [2.05, 4.69) is 21.9 Å². The van der Waals surface area contributed by atoms with Gasteiger partial charge in [0.2, 0.25) is 0 Å². The van der Waals surface area contributed by atoms with E-state index in [0.717, 1.165) is 10.0 Å². The summed E-state index contributed by atoms with van der Waals surface area (Å²) >= 11 is 3.37. The van der Waals surface area contributed by atoms with E-state index in [0.29, 0.717) is 11.5 Å². The predicted molar refractivity (Wildman–Crippen MR) is 69.7 cm³/mol. The third-order valence-corrected chi connectivity index (χ3v) is 2.49. The van der Waals surface area contributed by atoms with Gasteiger partial charge in [0.15, 0.2) is 11.5 Å². The second kappa shape index (κ2) is 6.62. The maximum atomic E-state index is 8.47. The van der Waals surface area contributed by atoms with Crippen LogP contribution in [0, 0.1) is 23.7 Å². The zero-order chi connectivity index (χ0) is 12.7. The summed E-state index contributed by atoms with van der Waals surface area (Å²) in [5.74, 6) is 3.51. The zero-order valence-electron chi connectivity index (χ0n) is 9.24. The second-order valence-corrected chi connectivity index (χ2v) is 3.84. The highest BCUT2D eigenvalue weighted by Gasteiger charge is 2.10. The van der Waals surface area contributed by atoms with Gasteiger partial charge in [-0.2, -0.15) is 5.26 Å². The van der Waals surface area contributed by atoms with E-state index in [1.54, 1.807) is 19.3 Å². The quantitative estimate of drug-likeness (QED) is 0.633. The molecule has 3 nitrogen and oxygen atoms in total. The lowest BCUT2D eigenvalue weighted by Gasteiger charge is -2.11. The highest BCUT2D eigenvalue weighted by molar-refractivity contribution is 9.10. The average Bonchev–Trinajstić information content (AvgIpc) is 2.34. The largest absolute Gasteiger partial charge is 0.493 e. The Bertz CT molecular complexity index is 509. The van der Waals surface area contributed by atoms with Crippen LogP contribution in [0.4, 0.5) is 0 Å². The Morgan fingerprint density at radius 1 is 1.53 bits per heavy atom. The molecule has 0 spiro atoms. The van der Waals surface area contributed by atoms with Crippen molar-refractivity contribution in [2.75, 3.05) is 13.7 Å². The van der Waals surface area contributed by atoms with Crippen LogP contribution < -0.4 is 9.47 Å². The molecular formula is C13H10BrNO2. The van der Waals surface area contributed by atoms with E-state index in [9.17, 15) is 0 Å². The number of halogens is 1. The molecule has 4 heteroatoms. The molecule has 0 saturated carbocycles. The Labute approximate surface area is 109 Å². The van der Waals surface area contributed by atoms with Crippen molar-refractivity contribution in [3.63, 3.8) is 0 Å². The normalized spacial score (nSPS) is 9.65. The molecule has 0 N–H and O–H groups in total. The number of methoxy groups -OCH3 is 1. The predicted octanol–water partition coefficient (Wildman–Crippen LogP) is 3.01. The number of rotatable bonds is 4. The van der Waals surface area contributed by atoms with E-state index >= 15 is 0 Å². The van der Waals surface area contributed by atoms with Gasteiger partial charge in [-0.3, -0.25) is 0 Å². The Morgan fingerprint density at radius 2 is 2.29 bits per heavy atom. The average molecular weight is 292 g/mol. The highest BCUT2D eigenvalue weighted by atomic mass is 79.9. The van der Waals surface area contributed by atoms with Crippen LogP contribution in [0.3, 0.4) is 0 Å². The fourth-order valence-corrected chi connectivity index (χ4v) is 1.80. The van der Waals surface area contributed by atoms with Crippen molar-refractivity contribution in [1.82, 2.24) is 0 Å². The Morgan fingerprint density at radius 3 is 2.88 bits per heavy atom. The SMILES string of the molecule is C#CCOc1c(Br)cc(/C=C/C#N)cc1OC. The van der Waals surface area contributed by atoms with Crippen LogP contribution in [0.1, 0.15) is 5.56 Å². The molecule has 0 atom stereocenters. The van der Waals surface area contributed by atoms with Crippen LogP contribution in [0.15, 0.2) is 22.7 Å². The van der Waals surface area contributed by atoms with Crippen molar-refractivity contribution in [2.24, 2.45) is 0 Å². The Balaban J connectivity index is 3.13. The van der Waals surface area contributed by atoms with Crippen LogP contribution >= 0.6 is 15.9 Å². The van der Waals surface area contributed by atoms with Gasteiger partial charge >= 0.3 is 0 Å². The molecule has 0 fully saturated rings. The number of hydrogen-bond donors (Lipinski definition) is 0. The fraction of sp³-hybridized carbons (Fsp3) is 0.154. The summed E-state index contributed by atoms with van der Waals surface area (Å²) in [6, 6.07) is 5.52. The minimum absolute atomic E-state index is 0.169. The summed E-state index contributed by atoms with van der Waals surface area (Å²) < 4.78 is 11.3. The van der Waals surface area contributed by atoms with Crippen molar-refractivity contribution in [3.8, 4) is 29.9 Å². The maximum Gasteiger partial charge on any atom is 0.176 e.